The molecule has 1 aromatic carbocycles. The topological polar surface area (TPSA) is 38.7 Å². The molecule has 0 aromatic heterocycles. The Kier molecular flexibility index (Phi) is 3.77. The first-order valence-corrected chi connectivity index (χ1v) is 4.23. The van der Waals surface area contributed by atoms with E-state index in [4.69, 9.17) is 11.6 Å². The molecule has 0 spiro atoms. The van der Waals surface area contributed by atoms with Gasteiger partial charge in [-0.2, -0.15) is 0 Å². The van der Waals surface area contributed by atoms with Gasteiger partial charge in [0.25, 0.3) is 0 Å². The Morgan fingerprint density at radius 3 is 2.73 bits per heavy atom. The number of rotatable bonds is 3. The minimum atomic E-state index is -0.976. The van der Waals surface area contributed by atoms with Gasteiger partial charge in [-0.3, -0.25) is 0 Å². The monoisotopic (exact) mass is 233 g/mol. The summed E-state index contributed by atoms with van der Waals surface area (Å²) in [5, 5.41) is -0.288. The Bertz CT molecular complexity index is 431. The molecule has 0 aliphatic rings. The largest absolute Gasteiger partial charge is 0.491 e. The highest BCUT2D eigenvalue weighted by Gasteiger charge is 2.17. The Labute approximate surface area is 89.3 Å². The summed E-state index contributed by atoms with van der Waals surface area (Å²) in [4.78, 5) is 13.0. The molecule has 0 atom stereocenters. The van der Waals surface area contributed by atoms with E-state index in [1.54, 1.807) is 0 Å². The highest BCUT2D eigenvalue weighted by molar-refractivity contribution is 6.31. The minimum Gasteiger partial charge on any atom is -0.491 e. The standard InChI is InChI=1S/C9H6ClF2NO2/c1-15-9-7(11)5(3-13-4-14)2-6(10)8(9)12/h2H,3H2,1H3. The second-order valence-electron chi connectivity index (χ2n) is 2.59. The van der Waals surface area contributed by atoms with Gasteiger partial charge >= 0.3 is 0 Å². The number of carbonyl (C=O) groups excluding carboxylic acids is 1. The van der Waals surface area contributed by atoms with Crippen molar-refractivity contribution in [2.24, 2.45) is 4.99 Å². The van der Waals surface area contributed by atoms with Crippen molar-refractivity contribution in [3.05, 3.63) is 28.3 Å². The number of hydrogen-bond donors (Lipinski definition) is 0. The van der Waals surface area contributed by atoms with Crippen LogP contribution in [-0.4, -0.2) is 13.2 Å². The van der Waals surface area contributed by atoms with E-state index in [0.29, 0.717) is 0 Å². The first kappa shape index (κ1) is 11.6. The van der Waals surface area contributed by atoms with Crippen LogP contribution in [0.15, 0.2) is 11.1 Å². The van der Waals surface area contributed by atoms with Crippen LogP contribution in [0, 0.1) is 11.6 Å². The van der Waals surface area contributed by atoms with Crippen LogP contribution in [0.2, 0.25) is 5.02 Å². The lowest BCUT2D eigenvalue weighted by Crippen LogP contribution is -1.98. The molecule has 0 saturated carbocycles. The first-order chi connectivity index (χ1) is 7.11. The minimum absolute atomic E-state index is 0.0263. The molecule has 0 bridgehead atoms. The van der Waals surface area contributed by atoms with Crippen molar-refractivity contribution >= 4 is 17.7 Å². The van der Waals surface area contributed by atoms with Gasteiger partial charge in [0.2, 0.25) is 6.08 Å². The molecule has 0 radical (unpaired) electrons. The highest BCUT2D eigenvalue weighted by Crippen LogP contribution is 2.30. The summed E-state index contributed by atoms with van der Waals surface area (Å²) in [6, 6.07) is 1.05. The number of benzene rings is 1. The van der Waals surface area contributed by atoms with Crippen LogP contribution in [0.5, 0.6) is 5.75 Å². The molecule has 0 N–H and O–H groups in total. The average Bonchev–Trinajstić information content (AvgIpc) is 2.22. The second-order valence-corrected chi connectivity index (χ2v) is 2.99. The Morgan fingerprint density at radius 1 is 1.53 bits per heavy atom. The van der Waals surface area contributed by atoms with E-state index in [-0.39, 0.29) is 17.1 Å². The number of ether oxygens (including phenoxy) is 1. The van der Waals surface area contributed by atoms with Crippen LogP contribution in [0.4, 0.5) is 8.78 Å². The van der Waals surface area contributed by atoms with Crippen molar-refractivity contribution in [1.82, 2.24) is 0 Å². The Morgan fingerprint density at radius 2 is 2.20 bits per heavy atom. The molecule has 1 rings (SSSR count). The molecule has 1 aromatic rings. The van der Waals surface area contributed by atoms with E-state index in [9.17, 15) is 13.6 Å². The predicted octanol–water partition coefficient (Wildman–Crippen LogP) is 2.46. The molecular weight excluding hydrogens is 228 g/mol. The zero-order valence-corrected chi connectivity index (χ0v) is 8.44. The Hall–Kier alpha value is -1.45. The van der Waals surface area contributed by atoms with Gasteiger partial charge in [0.05, 0.1) is 18.7 Å². The van der Waals surface area contributed by atoms with Gasteiger partial charge in [-0.05, 0) is 6.07 Å². The van der Waals surface area contributed by atoms with E-state index in [1.807, 2.05) is 0 Å². The van der Waals surface area contributed by atoms with Crippen LogP contribution in [0.3, 0.4) is 0 Å². The molecule has 0 unspecified atom stereocenters. The van der Waals surface area contributed by atoms with E-state index in [1.165, 1.54) is 6.08 Å². The summed E-state index contributed by atoms with van der Waals surface area (Å²) in [7, 11) is 1.12. The van der Waals surface area contributed by atoms with Crippen molar-refractivity contribution in [1.29, 1.82) is 0 Å². The van der Waals surface area contributed by atoms with Crippen molar-refractivity contribution in [3.63, 3.8) is 0 Å². The lowest BCUT2D eigenvalue weighted by atomic mass is 10.2. The Balaban J connectivity index is 3.29. The maximum atomic E-state index is 13.4. The van der Waals surface area contributed by atoms with Gasteiger partial charge in [-0.25, -0.2) is 18.6 Å². The summed E-state index contributed by atoms with van der Waals surface area (Å²) in [6.45, 7) is -0.258. The third kappa shape index (κ3) is 2.32. The summed E-state index contributed by atoms with van der Waals surface area (Å²) in [6.07, 6.45) is 1.25. The molecule has 6 heteroatoms. The van der Waals surface area contributed by atoms with Gasteiger partial charge in [-0.1, -0.05) is 11.6 Å². The fourth-order valence-electron chi connectivity index (χ4n) is 1.04. The maximum absolute atomic E-state index is 13.4. The van der Waals surface area contributed by atoms with Crippen molar-refractivity contribution in [2.45, 2.75) is 6.54 Å². The highest BCUT2D eigenvalue weighted by atomic mass is 35.5. The lowest BCUT2D eigenvalue weighted by molar-refractivity contribution is 0.358. The van der Waals surface area contributed by atoms with Crippen LogP contribution < -0.4 is 4.74 Å². The summed E-state index contributed by atoms with van der Waals surface area (Å²) in [5.74, 6) is -2.48. The van der Waals surface area contributed by atoms with Crippen LogP contribution in [0.25, 0.3) is 0 Å². The third-order valence-corrected chi connectivity index (χ3v) is 1.98. The zero-order chi connectivity index (χ0) is 11.4. The molecule has 0 aliphatic heterocycles. The number of isocyanates is 1. The molecule has 15 heavy (non-hydrogen) atoms. The zero-order valence-electron chi connectivity index (χ0n) is 7.68. The number of aliphatic imine (C=N–C) groups is 1. The molecule has 0 heterocycles. The van der Waals surface area contributed by atoms with Gasteiger partial charge < -0.3 is 4.74 Å². The fourth-order valence-corrected chi connectivity index (χ4v) is 1.26. The summed E-state index contributed by atoms with van der Waals surface area (Å²) >= 11 is 5.49. The third-order valence-electron chi connectivity index (χ3n) is 1.71. The second kappa shape index (κ2) is 4.87. The maximum Gasteiger partial charge on any atom is 0.235 e. The number of methoxy groups -OCH3 is 1. The predicted molar refractivity (Wildman–Crippen MR) is 49.7 cm³/mol. The molecule has 0 amide bonds. The number of nitrogens with zero attached hydrogens (tertiary/aromatic N) is 1. The quantitative estimate of drug-likeness (QED) is 0.457. The average molecular weight is 234 g/mol. The van der Waals surface area contributed by atoms with Gasteiger partial charge in [0.15, 0.2) is 17.4 Å². The molecule has 0 fully saturated rings. The van der Waals surface area contributed by atoms with Gasteiger partial charge in [0, 0.05) is 5.56 Å². The first-order valence-electron chi connectivity index (χ1n) is 3.85. The SMILES string of the molecule is COc1c(F)c(Cl)cc(CN=C=O)c1F. The summed E-state index contributed by atoms with van der Waals surface area (Å²) in [5.41, 5.74) is -0.0263. The lowest BCUT2D eigenvalue weighted by Gasteiger charge is -2.07. The van der Waals surface area contributed by atoms with E-state index >= 15 is 0 Å². The van der Waals surface area contributed by atoms with E-state index in [2.05, 4.69) is 9.73 Å². The number of halogens is 3. The molecular formula is C9H6ClF2NO2. The van der Waals surface area contributed by atoms with E-state index in [0.717, 1.165) is 13.2 Å². The molecule has 3 nitrogen and oxygen atoms in total. The van der Waals surface area contributed by atoms with Crippen LogP contribution in [-0.2, 0) is 11.3 Å². The molecule has 80 valence electrons. The molecule has 0 aliphatic carbocycles. The van der Waals surface area contributed by atoms with Crippen molar-refractivity contribution < 1.29 is 18.3 Å². The number of hydrogen-bond acceptors (Lipinski definition) is 3. The molecule has 0 saturated heterocycles. The van der Waals surface area contributed by atoms with Crippen molar-refractivity contribution in [3.8, 4) is 5.75 Å². The normalized spacial score (nSPS) is 9.60. The van der Waals surface area contributed by atoms with E-state index < -0.39 is 17.4 Å². The fraction of sp³-hybridized carbons (Fsp3) is 0.222. The van der Waals surface area contributed by atoms with Crippen LogP contribution in [0.1, 0.15) is 5.56 Å². The van der Waals surface area contributed by atoms with Crippen LogP contribution >= 0.6 is 11.6 Å². The smallest absolute Gasteiger partial charge is 0.235 e. The summed E-state index contributed by atoms with van der Waals surface area (Å²) < 4.78 is 31.1. The van der Waals surface area contributed by atoms with Gasteiger partial charge in [-0.15, -0.1) is 0 Å². The van der Waals surface area contributed by atoms with Crippen molar-refractivity contribution in [2.75, 3.05) is 7.11 Å². The van der Waals surface area contributed by atoms with Gasteiger partial charge in [0.1, 0.15) is 0 Å².